The monoisotopic (exact) mass is 466 g/mol. The van der Waals surface area contributed by atoms with Crippen molar-refractivity contribution in [3.63, 3.8) is 0 Å². The molecule has 2 aromatic carbocycles. The van der Waals surface area contributed by atoms with Crippen LogP contribution in [0.1, 0.15) is 24.2 Å². The summed E-state index contributed by atoms with van der Waals surface area (Å²) < 4.78 is 21.6. The topological polar surface area (TPSA) is 87.0 Å². The summed E-state index contributed by atoms with van der Waals surface area (Å²) in [5.41, 5.74) is 2.35. The number of amides is 3. The number of carbonyl (C=O) groups excluding carboxylic acids is 2. The van der Waals surface area contributed by atoms with E-state index in [0.29, 0.717) is 25.4 Å². The SMILES string of the molecule is COc1ccc2c3c(n(C)c2c1)[C@H](CO)N(C(=O)Nc1ccccc1F)CC31CN(C(C)=O)C1. The number of likely N-dealkylation sites (tertiary alicyclic amines) is 1. The minimum Gasteiger partial charge on any atom is -0.497 e. The zero-order valence-electron chi connectivity index (χ0n) is 19.3. The summed E-state index contributed by atoms with van der Waals surface area (Å²) in [6.07, 6.45) is 0. The maximum atomic E-state index is 14.2. The first-order valence-corrected chi connectivity index (χ1v) is 11.1. The van der Waals surface area contributed by atoms with Crippen molar-refractivity contribution in [3.8, 4) is 5.75 Å². The molecular formula is C25H27FN4O4. The summed E-state index contributed by atoms with van der Waals surface area (Å²) in [5.74, 6) is 0.140. The molecule has 1 fully saturated rings. The molecule has 34 heavy (non-hydrogen) atoms. The molecule has 1 aromatic heterocycles. The lowest BCUT2D eigenvalue weighted by molar-refractivity contribution is -0.137. The number of rotatable bonds is 3. The van der Waals surface area contributed by atoms with Crippen molar-refractivity contribution in [3.05, 3.63) is 59.5 Å². The van der Waals surface area contributed by atoms with Gasteiger partial charge in [-0.1, -0.05) is 12.1 Å². The summed E-state index contributed by atoms with van der Waals surface area (Å²) >= 11 is 0. The van der Waals surface area contributed by atoms with Crippen molar-refractivity contribution >= 4 is 28.5 Å². The second-order valence-corrected chi connectivity index (χ2v) is 9.09. The first kappa shape index (κ1) is 22.2. The molecule has 5 rings (SSSR count). The summed E-state index contributed by atoms with van der Waals surface area (Å²) in [4.78, 5) is 28.8. The van der Waals surface area contributed by atoms with Crippen LogP contribution in [0.3, 0.4) is 0 Å². The Bertz CT molecular complexity index is 1300. The molecule has 1 spiro atoms. The molecule has 178 valence electrons. The van der Waals surface area contributed by atoms with Gasteiger partial charge in [-0.3, -0.25) is 4.79 Å². The summed E-state index contributed by atoms with van der Waals surface area (Å²) in [6.45, 7) is 2.44. The molecule has 1 atom stereocenters. The van der Waals surface area contributed by atoms with E-state index in [1.54, 1.807) is 29.0 Å². The fraction of sp³-hybridized carbons (Fsp3) is 0.360. The molecule has 1 saturated heterocycles. The highest BCUT2D eigenvalue weighted by Crippen LogP contribution is 2.49. The Balaban J connectivity index is 1.63. The number of aliphatic hydroxyl groups excluding tert-OH is 1. The number of aryl methyl sites for hydroxylation is 1. The van der Waals surface area contributed by atoms with E-state index in [0.717, 1.165) is 22.2 Å². The molecule has 0 saturated carbocycles. The van der Waals surface area contributed by atoms with Crippen LogP contribution in [0.4, 0.5) is 14.9 Å². The number of nitrogens with zero attached hydrogens (tertiary/aromatic N) is 3. The van der Waals surface area contributed by atoms with E-state index in [4.69, 9.17) is 4.74 Å². The van der Waals surface area contributed by atoms with E-state index in [1.165, 1.54) is 19.1 Å². The van der Waals surface area contributed by atoms with E-state index in [2.05, 4.69) is 5.32 Å². The van der Waals surface area contributed by atoms with Gasteiger partial charge in [-0.05, 0) is 29.8 Å². The number of halogens is 1. The van der Waals surface area contributed by atoms with Crippen LogP contribution in [0.25, 0.3) is 10.9 Å². The van der Waals surface area contributed by atoms with Gasteiger partial charge < -0.3 is 29.5 Å². The number of aromatic nitrogens is 1. The number of anilines is 1. The number of hydrogen-bond donors (Lipinski definition) is 2. The van der Waals surface area contributed by atoms with E-state index in [9.17, 15) is 19.1 Å². The second-order valence-electron chi connectivity index (χ2n) is 9.09. The number of carbonyl (C=O) groups is 2. The minimum atomic E-state index is -0.637. The van der Waals surface area contributed by atoms with Crippen LogP contribution < -0.4 is 10.1 Å². The average Bonchev–Trinajstić information content (AvgIpc) is 3.10. The standard InChI is InChI=1S/C25H27FN4O4/c1-15(32)29-12-25(13-29)14-30(24(33)27-19-7-5-4-6-18(19)26)21(11-31)23-22(25)17-9-8-16(34-3)10-20(17)28(23)2/h4-10,21,31H,11-14H2,1-3H3,(H,27,33)/t21-/m0/s1. The molecule has 2 aliphatic rings. The Kier molecular flexibility index (Phi) is 5.24. The number of methoxy groups -OCH3 is 1. The summed E-state index contributed by atoms with van der Waals surface area (Å²) in [6, 6.07) is 10.7. The van der Waals surface area contributed by atoms with Gasteiger partial charge in [0.1, 0.15) is 11.6 Å². The lowest BCUT2D eigenvalue weighted by Gasteiger charge is -2.56. The van der Waals surface area contributed by atoms with Crippen molar-refractivity contribution in [2.75, 3.05) is 38.7 Å². The maximum Gasteiger partial charge on any atom is 0.322 e. The predicted octanol–water partition coefficient (Wildman–Crippen LogP) is 3.01. The number of nitrogens with one attached hydrogen (secondary N) is 1. The number of fused-ring (bicyclic) bond motifs is 4. The van der Waals surface area contributed by atoms with Gasteiger partial charge in [0.15, 0.2) is 0 Å². The predicted molar refractivity (Wildman–Crippen MR) is 125 cm³/mol. The van der Waals surface area contributed by atoms with Crippen LogP contribution in [-0.4, -0.2) is 64.8 Å². The number of ether oxygens (including phenoxy) is 1. The van der Waals surface area contributed by atoms with Crippen molar-refractivity contribution in [2.24, 2.45) is 7.05 Å². The van der Waals surface area contributed by atoms with E-state index < -0.39 is 23.3 Å². The van der Waals surface area contributed by atoms with Crippen molar-refractivity contribution in [1.82, 2.24) is 14.4 Å². The molecule has 3 amide bonds. The number of urea groups is 1. The third-order valence-electron chi connectivity index (χ3n) is 7.13. The molecule has 2 N–H and O–H groups in total. The summed E-state index contributed by atoms with van der Waals surface area (Å²) in [7, 11) is 3.50. The second kappa shape index (κ2) is 8.02. The van der Waals surface area contributed by atoms with Crippen LogP contribution >= 0.6 is 0 Å². The minimum absolute atomic E-state index is 0.0271. The Morgan fingerprint density at radius 3 is 2.59 bits per heavy atom. The van der Waals surface area contributed by atoms with Crippen LogP contribution in [0.5, 0.6) is 5.75 Å². The Morgan fingerprint density at radius 2 is 1.94 bits per heavy atom. The Morgan fingerprint density at radius 1 is 1.21 bits per heavy atom. The molecule has 0 aliphatic carbocycles. The molecule has 2 aliphatic heterocycles. The molecule has 0 bridgehead atoms. The molecular weight excluding hydrogens is 439 g/mol. The average molecular weight is 467 g/mol. The van der Waals surface area contributed by atoms with Crippen molar-refractivity contribution in [2.45, 2.75) is 18.4 Å². The highest BCUT2D eigenvalue weighted by atomic mass is 19.1. The third-order valence-corrected chi connectivity index (χ3v) is 7.13. The van der Waals surface area contributed by atoms with Gasteiger partial charge in [-0.2, -0.15) is 0 Å². The quantitative estimate of drug-likeness (QED) is 0.621. The first-order chi connectivity index (χ1) is 16.3. The van der Waals surface area contributed by atoms with Gasteiger partial charge in [0, 0.05) is 50.8 Å². The Labute approximate surface area is 196 Å². The lowest BCUT2D eigenvalue weighted by atomic mass is 9.68. The van der Waals surface area contributed by atoms with E-state index in [-0.39, 0.29) is 18.2 Å². The molecule has 0 radical (unpaired) electrons. The zero-order valence-corrected chi connectivity index (χ0v) is 19.3. The molecule has 3 heterocycles. The van der Waals surface area contributed by atoms with Crippen LogP contribution in [0.2, 0.25) is 0 Å². The van der Waals surface area contributed by atoms with Gasteiger partial charge in [-0.15, -0.1) is 0 Å². The fourth-order valence-electron chi connectivity index (χ4n) is 5.49. The fourth-order valence-corrected chi connectivity index (χ4v) is 5.49. The molecule has 8 nitrogen and oxygen atoms in total. The summed E-state index contributed by atoms with van der Waals surface area (Å²) in [5, 5.41) is 14.1. The van der Waals surface area contributed by atoms with Crippen molar-refractivity contribution in [1.29, 1.82) is 0 Å². The molecule has 0 unspecified atom stereocenters. The van der Waals surface area contributed by atoms with Crippen LogP contribution in [-0.2, 0) is 17.3 Å². The van der Waals surface area contributed by atoms with Crippen molar-refractivity contribution < 1.29 is 23.8 Å². The molecule has 3 aromatic rings. The lowest BCUT2D eigenvalue weighted by Crippen LogP contribution is -2.68. The van der Waals surface area contributed by atoms with E-state index in [1.807, 2.05) is 29.8 Å². The normalized spacial score (nSPS) is 18.6. The van der Waals surface area contributed by atoms with Gasteiger partial charge in [0.2, 0.25) is 5.91 Å². The smallest absolute Gasteiger partial charge is 0.322 e. The number of benzene rings is 2. The van der Waals surface area contributed by atoms with Gasteiger partial charge in [0.05, 0.1) is 36.4 Å². The number of para-hydroxylation sites is 1. The molecule has 9 heteroatoms. The Hall–Kier alpha value is -3.59. The maximum absolute atomic E-state index is 14.2. The third kappa shape index (κ3) is 3.22. The van der Waals surface area contributed by atoms with Crippen LogP contribution in [0, 0.1) is 5.82 Å². The van der Waals surface area contributed by atoms with Gasteiger partial charge >= 0.3 is 6.03 Å². The van der Waals surface area contributed by atoms with Gasteiger partial charge in [0.25, 0.3) is 0 Å². The largest absolute Gasteiger partial charge is 0.497 e. The highest BCUT2D eigenvalue weighted by molar-refractivity contribution is 5.93. The zero-order chi connectivity index (χ0) is 24.2. The first-order valence-electron chi connectivity index (χ1n) is 11.1. The highest BCUT2D eigenvalue weighted by Gasteiger charge is 2.55. The van der Waals surface area contributed by atoms with E-state index >= 15 is 0 Å². The van der Waals surface area contributed by atoms with Gasteiger partial charge in [-0.25, -0.2) is 9.18 Å². The van der Waals surface area contributed by atoms with Crippen LogP contribution in [0.15, 0.2) is 42.5 Å². The number of aliphatic hydroxyl groups is 1. The number of hydrogen-bond acceptors (Lipinski definition) is 4.